The fourth-order valence-corrected chi connectivity index (χ4v) is 2.58. The van der Waals surface area contributed by atoms with Crippen molar-refractivity contribution in [3.05, 3.63) is 52.3 Å². The summed E-state index contributed by atoms with van der Waals surface area (Å²) in [7, 11) is 3.15. The first kappa shape index (κ1) is 17.0. The van der Waals surface area contributed by atoms with E-state index in [-0.39, 0.29) is 5.56 Å². The van der Waals surface area contributed by atoms with Crippen LogP contribution in [0, 0.1) is 6.92 Å². The number of H-pyrrole nitrogens is 1. The molecule has 0 aliphatic carbocycles. The van der Waals surface area contributed by atoms with Gasteiger partial charge in [-0.3, -0.25) is 4.79 Å². The van der Waals surface area contributed by atoms with E-state index in [9.17, 15) is 4.79 Å². The summed E-state index contributed by atoms with van der Waals surface area (Å²) in [4.78, 5) is 19.9. The number of hydrogen-bond acceptors (Lipinski definition) is 5. The quantitative estimate of drug-likeness (QED) is 0.699. The molecule has 0 bridgehead atoms. The van der Waals surface area contributed by atoms with E-state index in [0.717, 1.165) is 11.1 Å². The highest BCUT2D eigenvalue weighted by atomic mass is 16.5. The Balaban J connectivity index is 2.09. The minimum atomic E-state index is -0.222. The molecule has 3 aromatic rings. The van der Waals surface area contributed by atoms with E-state index in [1.54, 1.807) is 26.4 Å². The first-order valence-electron chi connectivity index (χ1n) is 7.93. The molecule has 0 saturated carbocycles. The third-order valence-electron chi connectivity index (χ3n) is 3.83. The fourth-order valence-electron chi connectivity index (χ4n) is 2.58. The summed E-state index contributed by atoms with van der Waals surface area (Å²) in [6.07, 6.45) is 0. The van der Waals surface area contributed by atoms with Crippen LogP contribution in [-0.4, -0.2) is 37.4 Å². The maximum atomic E-state index is 12.5. The first-order chi connectivity index (χ1) is 12.1. The molecule has 1 aromatic heterocycles. The van der Waals surface area contributed by atoms with Crippen molar-refractivity contribution in [2.45, 2.75) is 6.92 Å². The van der Waals surface area contributed by atoms with Crippen molar-refractivity contribution in [2.24, 2.45) is 0 Å². The van der Waals surface area contributed by atoms with Gasteiger partial charge in [-0.15, -0.1) is 0 Å². The molecule has 0 radical (unpaired) electrons. The van der Waals surface area contributed by atoms with Crippen molar-refractivity contribution >= 4 is 10.9 Å². The van der Waals surface area contributed by atoms with E-state index in [0.29, 0.717) is 41.4 Å². The van der Waals surface area contributed by atoms with E-state index in [4.69, 9.17) is 14.2 Å². The van der Waals surface area contributed by atoms with Crippen LogP contribution in [0.4, 0.5) is 0 Å². The normalized spacial score (nSPS) is 10.8. The molecule has 25 heavy (non-hydrogen) atoms. The lowest BCUT2D eigenvalue weighted by Crippen LogP contribution is -2.11. The van der Waals surface area contributed by atoms with Gasteiger partial charge in [0.15, 0.2) is 11.5 Å². The van der Waals surface area contributed by atoms with Gasteiger partial charge in [-0.25, -0.2) is 4.98 Å². The van der Waals surface area contributed by atoms with Crippen molar-refractivity contribution in [1.29, 1.82) is 0 Å². The second-order valence-electron chi connectivity index (χ2n) is 5.65. The second-order valence-corrected chi connectivity index (χ2v) is 5.65. The number of aromatic nitrogens is 2. The van der Waals surface area contributed by atoms with Crippen molar-refractivity contribution in [1.82, 2.24) is 9.97 Å². The van der Waals surface area contributed by atoms with Crippen LogP contribution < -0.4 is 15.0 Å². The summed E-state index contributed by atoms with van der Waals surface area (Å²) in [5.41, 5.74) is 2.29. The molecule has 6 heteroatoms. The molecule has 0 spiro atoms. The number of ether oxygens (including phenoxy) is 3. The number of benzene rings is 2. The van der Waals surface area contributed by atoms with E-state index in [2.05, 4.69) is 9.97 Å². The Morgan fingerprint density at radius 1 is 1.08 bits per heavy atom. The van der Waals surface area contributed by atoms with Crippen LogP contribution in [-0.2, 0) is 4.74 Å². The molecule has 0 saturated heterocycles. The molecule has 0 fully saturated rings. The zero-order valence-electron chi connectivity index (χ0n) is 14.5. The predicted octanol–water partition coefficient (Wildman–Crippen LogP) is 2.93. The Bertz CT molecular complexity index is 950. The van der Waals surface area contributed by atoms with Gasteiger partial charge in [0.2, 0.25) is 0 Å². The van der Waals surface area contributed by atoms with Crippen molar-refractivity contribution in [3.8, 4) is 22.9 Å². The highest BCUT2D eigenvalue weighted by molar-refractivity contribution is 5.83. The average Bonchev–Trinajstić information content (AvgIpc) is 2.61. The van der Waals surface area contributed by atoms with Crippen LogP contribution in [0.5, 0.6) is 11.5 Å². The molecule has 3 rings (SSSR count). The van der Waals surface area contributed by atoms with Gasteiger partial charge in [0.05, 0.1) is 24.6 Å². The topological polar surface area (TPSA) is 73.4 Å². The van der Waals surface area contributed by atoms with Crippen LogP contribution in [0.2, 0.25) is 0 Å². The summed E-state index contributed by atoms with van der Waals surface area (Å²) in [6, 6.07) is 11.2. The number of aryl methyl sites for hydroxylation is 1. The monoisotopic (exact) mass is 340 g/mol. The Morgan fingerprint density at radius 3 is 2.64 bits per heavy atom. The Morgan fingerprint density at radius 2 is 1.92 bits per heavy atom. The number of aromatic amines is 1. The smallest absolute Gasteiger partial charge is 0.259 e. The van der Waals surface area contributed by atoms with Crippen molar-refractivity contribution < 1.29 is 14.2 Å². The first-order valence-corrected chi connectivity index (χ1v) is 7.93. The number of rotatable bonds is 6. The van der Waals surface area contributed by atoms with Gasteiger partial charge in [-0.05, 0) is 19.1 Å². The maximum Gasteiger partial charge on any atom is 0.259 e. The van der Waals surface area contributed by atoms with E-state index >= 15 is 0 Å². The Labute approximate surface area is 145 Å². The molecule has 6 nitrogen and oxygen atoms in total. The zero-order valence-corrected chi connectivity index (χ0v) is 14.5. The van der Waals surface area contributed by atoms with E-state index < -0.39 is 0 Å². The lowest BCUT2D eigenvalue weighted by Gasteiger charge is -2.12. The minimum Gasteiger partial charge on any atom is -0.493 e. The Hall–Kier alpha value is -2.86. The fraction of sp³-hybridized carbons (Fsp3) is 0.263. The van der Waals surface area contributed by atoms with Crippen molar-refractivity contribution in [3.63, 3.8) is 0 Å². The number of hydrogen-bond donors (Lipinski definition) is 1. The van der Waals surface area contributed by atoms with Crippen molar-refractivity contribution in [2.75, 3.05) is 27.4 Å². The number of nitrogens with one attached hydrogen (secondary N) is 1. The van der Waals surface area contributed by atoms with E-state index in [1.165, 1.54) is 0 Å². The highest BCUT2D eigenvalue weighted by Gasteiger charge is 2.12. The van der Waals surface area contributed by atoms with Gasteiger partial charge < -0.3 is 19.2 Å². The SMILES string of the molecule is COCCOc1cc2c(=O)[nH]c(-c3cccc(C)c3)nc2cc1OC. The summed E-state index contributed by atoms with van der Waals surface area (Å²) in [5.74, 6) is 1.54. The minimum absolute atomic E-state index is 0.222. The number of fused-ring (bicyclic) bond motifs is 1. The molecule has 130 valence electrons. The van der Waals surface area contributed by atoms with Gasteiger partial charge in [0.1, 0.15) is 12.4 Å². The third-order valence-corrected chi connectivity index (χ3v) is 3.83. The molecular weight excluding hydrogens is 320 g/mol. The maximum absolute atomic E-state index is 12.5. The van der Waals surface area contributed by atoms with Gasteiger partial charge in [0.25, 0.3) is 5.56 Å². The summed E-state index contributed by atoms with van der Waals surface area (Å²) < 4.78 is 16.0. The lowest BCUT2D eigenvalue weighted by molar-refractivity contribution is 0.144. The second kappa shape index (κ2) is 7.36. The van der Waals surface area contributed by atoms with Crippen LogP contribution in [0.25, 0.3) is 22.3 Å². The van der Waals surface area contributed by atoms with Crippen LogP contribution in [0.1, 0.15) is 5.56 Å². The molecular formula is C19H20N2O4. The van der Waals surface area contributed by atoms with Gasteiger partial charge in [-0.1, -0.05) is 23.8 Å². The molecule has 0 aliphatic rings. The molecule has 0 amide bonds. The number of nitrogens with zero attached hydrogens (tertiary/aromatic N) is 1. The summed E-state index contributed by atoms with van der Waals surface area (Å²) in [5, 5.41) is 0.449. The zero-order chi connectivity index (χ0) is 17.8. The molecule has 0 aliphatic heterocycles. The molecule has 1 N–H and O–H groups in total. The molecule has 1 heterocycles. The van der Waals surface area contributed by atoms with Gasteiger partial charge >= 0.3 is 0 Å². The molecule has 0 atom stereocenters. The van der Waals surface area contributed by atoms with Gasteiger partial charge in [-0.2, -0.15) is 0 Å². The lowest BCUT2D eigenvalue weighted by atomic mass is 10.1. The van der Waals surface area contributed by atoms with E-state index in [1.807, 2.05) is 31.2 Å². The molecule has 2 aromatic carbocycles. The van der Waals surface area contributed by atoms with Crippen LogP contribution in [0.15, 0.2) is 41.2 Å². The predicted molar refractivity (Wildman–Crippen MR) is 96.5 cm³/mol. The molecule has 0 unspecified atom stereocenters. The van der Waals surface area contributed by atoms with Crippen LogP contribution >= 0.6 is 0 Å². The summed E-state index contributed by atoms with van der Waals surface area (Å²) >= 11 is 0. The average molecular weight is 340 g/mol. The Kier molecular flexibility index (Phi) is 5.00. The standard InChI is InChI=1S/C19H20N2O4/c1-12-5-4-6-13(9-12)18-20-15-11-16(24-3)17(25-8-7-23-2)10-14(15)19(22)21-18/h4-6,9-11H,7-8H2,1-3H3,(H,20,21,22). The van der Waals surface area contributed by atoms with Gasteiger partial charge in [0, 0.05) is 18.7 Å². The largest absolute Gasteiger partial charge is 0.493 e. The van der Waals surface area contributed by atoms with Crippen LogP contribution in [0.3, 0.4) is 0 Å². The highest BCUT2D eigenvalue weighted by Crippen LogP contribution is 2.31. The third kappa shape index (κ3) is 3.64. The summed E-state index contributed by atoms with van der Waals surface area (Å²) in [6.45, 7) is 2.81. The number of methoxy groups -OCH3 is 2.